The van der Waals surface area contributed by atoms with Crippen LogP contribution in [-0.4, -0.2) is 43.4 Å². The van der Waals surface area contributed by atoms with Gasteiger partial charge < -0.3 is 15.4 Å². The molecule has 1 amide bonds. The van der Waals surface area contributed by atoms with Crippen molar-refractivity contribution in [1.29, 1.82) is 0 Å². The molecule has 0 aliphatic carbocycles. The Balaban J connectivity index is 1.65. The molecule has 5 heterocycles. The summed E-state index contributed by atoms with van der Waals surface area (Å²) in [7, 11) is 0. The molecule has 0 bridgehead atoms. The number of thiophene rings is 1. The minimum Gasteiger partial charge on any atom is -0.490 e. The summed E-state index contributed by atoms with van der Waals surface area (Å²) < 4.78 is 37.0. The average molecular weight is 585 g/mol. The molecular weight excluding hydrogens is 558 g/mol. The van der Waals surface area contributed by atoms with Gasteiger partial charge in [0, 0.05) is 82.7 Å². The quantitative estimate of drug-likeness (QED) is 0.237. The molecule has 1 aliphatic rings. The topological polar surface area (TPSA) is 107 Å². The maximum atomic E-state index is 15.9. The number of fused-ring (bicyclic) bond motifs is 2. The monoisotopic (exact) mass is 584 g/mol. The fourth-order valence-electron chi connectivity index (χ4n) is 5.16. The second-order valence-electron chi connectivity index (χ2n) is 10.1. The Hall–Kier alpha value is -4.77. The fourth-order valence-corrected chi connectivity index (χ4v) is 6.11. The van der Waals surface area contributed by atoms with Gasteiger partial charge in [0.1, 0.15) is 17.4 Å². The molecule has 11 heteroatoms. The fraction of sp³-hybridized carbons (Fsp3) is 0.194. The van der Waals surface area contributed by atoms with Crippen LogP contribution in [-0.2, 0) is 17.8 Å². The predicted molar refractivity (Wildman–Crippen MR) is 159 cm³/mol. The molecule has 0 saturated heterocycles. The van der Waals surface area contributed by atoms with E-state index in [9.17, 15) is 9.18 Å². The van der Waals surface area contributed by atoms with Crippen molar-refractivity contribution in [3.05, 3.63) is 83.8 Å². The van der Waals surface area contributed by atoms with Crippen molar-refractivity contribution in [2.75, 3.05) is 12.3 Å². The summed E-state index contributed by atoms with van der Waals surface area (Å²) in [5.74, 6) is -1.50. The number of hydrogen-bond acceptors (Lipinski definition) is 8. The van der Waals surface area contributed by atoms with Gasteiger partial charge in [0.25, 0.3) is 0 Å². The van der Waals surface area contributed by atoms with E-state index in [-0.39, 0.29) is 29.3 Å². The van der Waals surface area contributed by atoms with Crippen LogP contribution in [0.5, 0.6) is 5.75 Å². The van der Waals surface area contributed by atoms with Gasteiger partial charge in [0.15, 0.2) is 0 Å². The molecule has 0 atom stereocenters. The number of carbonyl (C=O) groups excluding carboxylic acids is 1. The number of aromatic nitrogens is 4. The zero-order valence-corrected chi connectivity index (χ0v) is 23.7. The van der Waals surface area contributed by atoms with Crippen LogP contribution in [0.25, 0.3) is 43.7 Å². The van der Waals surface area contributed by atoms with Crippen LogP contribution >= 0.6 is 11.3 Å². The first-order valence-electron chi connectivity index (χ1n) is 13.3. The van der Waals surface area contributed by atoms with Crippen molar-refractivity contribution in [3.8, 4) is 39.4 Å². The molecule has 1 aliphatic heterocycles. The van der Waals surface area contributed by atoms with E-state index in [2.05, 4.69) is 16.5 Å². The Labute approximate surface area is 244 Å². The van der Waals surface area contributed by atoms with Crippen LogP contribution in [0, 0.1) is 11.6 Å². The average Bonchev–Trinajstić information content (AvgIpc) is 3.46. The molecule has 6 rings (SSSR count). The number of amides is 1. The van der Waals surface area contributed by atoms with Gasteiger partial charge in [-0.3, -0.25) is 9.78 Å². The summed E-state index contributed by atoms with van der Waals surface area (Å²) in [6.45, 7) is 8.07. The van der Waals surface area contributed by atoms with Gasteiger partial charge in [0.05, 0.1) is 23.1 Å². The molecule has 0 spiro atoms. The number of pyridine rings is 2. The third-order valence-electron chi connectivity index (χ3n) is 6.98. The number of rotatable bonds is 6. The van der Waals surface area contributed by atoms with Crippen LogP contribution in [0.15, 0.2) is 60.9 Å². The molecule has 5 aromatic rings. The lowest BCUT2D eigenvalue weighted by Gasteiger charge is -2.27. The lowest BCUT2D eigenvalue weighted by molar-refractivity contribution is -0.126. The van der Waals surface area contributed by atoms with E-state index >= 15 is 4.39 Å². The van der Waals surface area contributed by atoms with E-state index in [1.807, 2.05) is 17.5 Å². The minimum absolute atomic E-state index is 0.0671. The summed E-state index contributed by atoms with van der Waals surface area (Å²) in [6.07, 6.45) is 6.41. The molecule has 8 nitrogen and oxygen atoms in total. The number of benzene rings is 1. The molecular formula is C31H26F2N6O2S. The number of nitrogens with zero attached hydrogens (tertiary/aromatic N) is 5. The second kappa shape index (κ2) is 10.9. The van der Waals surface area contributed by atoms with Crippen molar-refractivity contribution in [2.45, 2.75) is 32.9 Å². The molecule has 4 aromatic heterocycles. The van der Waals surface area contributed by atoms with Gasteiger partial charge >= 0.3 is 0 Å². The van der Waals surface area contributed by atoms with Gasteiger partial charge in [-0.2, -0.15) is 0 Å². The number of halogens is 2. The normalized spacial score (nSPS) is 12.9. The van der Waals surface area contributed by atoms with Crippen molar-refractivity contribution >= 4 is 33.3 Å². The maximum absolute atomic E-state index is 15.9. The van der Waals surface area contributed by atoms with Crippen LogP contribution in [0.3, 0.4) is 0 Å². The number of nitrogen functional groups attached to an aromatic ring is 1. The van der Waals surface area contributed by atoms with Gasteiger partial charge in [-0.1, -0.05) is 6.58 Å². The SMILES string of the molecule is C=CC(=O)N1CCc2ncc(-c3nc(-c4cnc(N)nc4)c4ccsc4c3-c3c(F)cc(F)cc3OC(C)C)cc2C1. The zero-order chi connectivity index (χ0) is 29.5. The molecule has 0 radical (unpaired) electrons. The number of hydrogen-bond donors (Lipinski definition) is 1. The van der Waals surface area contributed by atoms with Gasteiger partial charge in [0.2, 0.25) is 11.9 Å². The van der Waals surface area contributed by atoms with Crippen molar-refractivity contribution < 1.29 is 18.3 Å². The number of carbonyl (C=O) groups is 1. The first-order chi connectivity index (χ1) is 20.2. The molecule has 0 unspecified atom stereocenters. The van der Waals surface area contributed by atoms with Crippen molar-refractivity contribution in [3.63, 3.8) is 0 Å². The van der Waals surface area contributed by atoms with E-state index in [4.69, 9.17) is 20.4 Å². The van der Waals surface area contributed by atoms with Crippen molar-refractivity contribution in [2.24, 2.45) is 0 Å². The smallest absolute Gasteiger partial charge is 0.246 e. The standard InChI is InChI=1S/C31H26F2N6O2S/c1-4-25(40)39-7-5-23-18(15-39)9-17(12-35-23)29-27(26-22(33)10-20(32)11-24(26)41-16(2)3)30-21(6-8-42-30)28(38-29)19-13-36-31(34)37-14-19/h4,6,8-14,16H,1,5,7,15H2,2-3H3,(H2,34,36,37). The summed E-state index contributed by atoms with van der Waals surface area (Å²) in [6, 6.07) is 5.84. The summed E-state index contributed by atoms with van der Waals surface area (Å²) >= 11 is 1.40. The first kappa shape index (κ1) is 27.4. The molecule has 2 N–H and O–H groups in total. The highest BCUT2D eigenvalue weighted by molar-refractivity contribution is 7.18. The highest BCUT2D eigenvalue weighted by atomic mass is 32.1. The lowest BCUT2D eigenvalue weighted by Crippen LogP contribution is -2.35. The third-order valence-corrected chi connectivity index (χ3v) is 7.92. The van der Waals surface area contributed by atoms with Crippen molar-refractivity contribution in [1.82, 2.24) is 24.8 Å². The summed E-state index contributed by atoms with van der Waals surface area (Å²) in [4.78, 5) is 32.1. The zero-order valence-electron chi connectivity index (χ0n) is 22.9. The Morgan fingerprint density at radius 1 is 1.10 bits per heavy atom. The third kappa shape index (κ3) is 4.96. The number of anilines is 1. The van der Waals surface area contributed by atoms with E-state index in [0.717, 1.165) is 22.7 Å². The van der Waals surface area contributed by atoms with Gasteiger partial charge in [-0.25, -0.2) is 23.7 Å². The second-order valence-corrected chi connectivity index (χ2v) is 11.1. The maximum Gasteiger partial charge on any atom is 0.246 e. The van der Waals surface area contributed by atoms with E-state index in [1.54, 1.807) is 37.3 Å². The van der Waals surface area contributed by atoms with Gasteiger partial charge in [-0.15, -0.1) is 11.3 Å². The minimum atomic E-state index is -0.777. The summed E-state index contributed by atoms with van der Waals surface area (Å²) in [5, 5.41) is 2.62. The Morgan fingerprint density at radius 3 is 2.60 bits per heavy atom. The van der Waals surface area contributed by atoms with E-state index < -0.39 is 11.6 Å². The van der Waals surface area contributed by atoms with Crippen LogP contribution in [0.4, 0.5) is 14.7 Å². The molecule has 1 aromatic carbocycles. The molecule has 42 heavy (non-hydrogen) atoms. The lowest BCUT2D eigenvalue weighted by atomic mass is 9.94. The first-order valence-corrected chi connectivity index (χ1v) is 14.2. The van der Waals surface area contributed by atoms with Gasteiger partial charge in [-0.05, 0) is 43.0 Å². The Kier molecular flexibility index (Phi) is 7.11. The highest BCUT2D eigenvalue weighted by Crippen LogP contribution is 2.47. The Morgan fingerprint density at radius 2 is 1.86 bits per heavy atom. The molecule has 212 valence electrons. The van der Waals surface area contributed by atoms with Crippen LogP contribution in [0.2, 0.25) is 0 Å². The predicted octanol–water partition coefficient (Wildman–Crippen LogP) is 6.20. The van der Waals surface area contributed by atoms with E-state index in [1.165, 1.54) is 23.5 Å². The summed E-state index contributed by atoms with van der Waals surface area (Å²) in [5.41, 5.74) is 10.2. The molecule has 0 saturated carbocycles. The Bertz CT molecular complexity index is 1860. The van der Waals surface area contributed by atoms with Crippen LogP contribution < -0.4 is 10.5 Å². The largest absolute Gasteiger partial charge is 0.490 e. The number of ether oxygens (including phenoxy) is 1. The van der Waals surface area contributed by atoms with Crippen LogP contribution in [0.1, 0.15) is 25.1 Å². The molecule has 0 fully saturated rings. The highest BCUT2D eigenvalue weighted by Gasteiger charge is 2.27. The number of nitrogens with two attached hydrogens (primary N) is 1. The van der Waals surface area contributed by atoms with E-state index in [0.29, 0.717) is 52.3 Å².